The molecule has 0 saturated carbocycles. The van der Waals surface area contributed by atoms with E-state index in [2.05, 4.69) is 0 Å². The molecule has 3 aromatic carbocycles. The van der Waals surface area contributed by atoms with Crippen LogP contribution in [0.2, 0.25) is 5.02 Å². The maximum absolute atomic E-state index is 11.6. The maximum Gasteiger partial charge on any atom is 0.345 e. The number of carbonyl (C=O) groups is 1. The zero-order valence-corrected chi connectivity index (χ0v) is 14.4. The van der Waals surface area contributed by atoms with Crippen LogP contribution in [0.3, 0.4) is 0 Å². The van der Waals surface area contributed by atoms with Crippen LogP contribution in [-0.4, -0.2) is 24.3 Å². The molecule has 0 aliphatic rings. The molecule has 128 valence electrons. The van der Waals surface area contributed by atoms with E-state index >= 15 is 0 Å². The third kappa shape index (κ3) is 4.03. The van der Waals surface area contributed by atoms with E-state index in [1.165, 1.54) is 7.11 Å². The first-order valence-corrected chi connectivity index (χ1v) is 8.15. The van der Waals surface area contributed by atoms with Crippen molar-refractivity contribution < 1.29 is 19.4 Å². The summed E-state index contributed by atoms with van der Waals surface area (Å²) >= 11 is 6.10. The minimum Gasteiger partial charge on any atom is -0.495 e. The molecule has 5 heteroatoms. The zero-order chi connectivity index (χ0) is 17.8. The first kappa shape index (κ1) is 17.1. The first-order chi connectivity index (χ1) is 12.1. The lowest BCUT2D eigenvalue weighted by Gasteiger charge is -2.16. The number of benzene rings is 3. The molecule has 0 aromatic heterocycles. The van der Waals surface area contributed by atoms with Gasteiger partial charge in [-0.15, -0.1) is 0 Å². The smallest absolute Gasteiger partial charge is 0.345 e. The molecule has 0 spiro atoms. The molecule has 1 N–H and O–H groups in total. The van der Waals surface area contributed by atoms with Gasteiger partial charge in [-0.2, -0.15) is 0 Å². The van der Waals surface area contributed by atoms with Crippen molar-refractivity contribution in [1.29, 1.82) is 0 Å². The third-order valence-corrected chi connectivity index (χ3v) is 4.21. The number of carboxylic acids is 1. The Kier molecular flexibility index (Phi) is 5.10. The van der Waals surface area contributed by atoms with Gasteiger partial charge < -0.3 is 14.6 Å². The van der Waals surface area contributed by atoms with Gasteiger partial charge in [0, 0.05) is 6.42 Å². The van der Waals surface area contributed by atoms with Crippen molar-refractivity contribution in [2.24, 2.45) is 0 Å². The number of hydrogen-bond acceptors (Lipinski definition) is 3. The van der Waals surface area contributed by atoms with Crippen LogP contribution in [0.15, 0.2) is 60.7 Å². The summed E-state index contributed by atoms with van der Waals surface area (Å²) in [7, 11) is 1.53. The van der Waals surface area contributed by atoms with Gasteiger partial charge in [0.1, 0.15) is 11.5 Å². The van der Waals surface area contributed by atoms with E-state index in [4.69, 9.17) is 21.1 Å². The van der Waals surface area contributed by atoms with E-state index in [-0.39, 0.29) is 6.42 Å². The van der Waals surface area contributed by atoms with E-state index in [1.807, 2.05) is 36.4 Å². The molecule has 0 fully saturated rings. The van der Waals surface area contributed by atoms with Crippen LogP contribution < -0.4 is 9.47 Å². The van der Waals surface area contributed by atoms with Gasteiger partial charge in [-0.05, 0) is 40.6 Å². The van der Waals surface area contributed by atoms with Crippen molar-refractivity contribution in [2.75, 3.05) is 7.11 Å². The van der Waals surface area contributed by atoms with Gasteiger partial charge in [0.25, 0.3) is 0 Å². The lowest BCUT2D eigenvalue weighted by molar-refractivity contribution is -0.145. The summed E-state index contributed by atoms with van der Waals surface area (Å²) in [5, 5.41) is 12.0. The second kappa shape index (κ2) is 7.45. The van der Waals surface area contributed by atoms with Gasteiger partial charge in [-0.3, -0.25) is 0 Å². The summed E-state index contributed by atoms with van der Waals surface area (Å²) in [4.78, 5) is 11.6. The molecular formula is C20H17ClO4. The third-order valence-electron chi connectivity index (χ3n) is 3.91. The highest BCUT2D eigenvalue weighted by molar-refractivity contribution is 6.32. The van der Waals surface area contributed by atoms with Crippen LogP contribution in [0.5, 0.6) is 11.5 Å². The first-order valence-electron chi connectivity index (χ1n) is 7.77. The van der Waals surface area contributed by atoms with Crippen molar-refractivity contribution in [1.82, 2.24) is 0 Å². The average Bonchev–Trinajstić information content (AvgIpc) is 2.61. The van der Waals surface area contributed by atoms with Crippen molar-refractivity contribution in [2.45, 2.75) is 12.5 Å². The summed E-state index contributed by atoms with van der Waals surface area (Å²) in [5.41, 5.74) is 0.763. The Balaban J connectivity index is 1.80. The Morgan fingerprint density at radius 2 is 1.84 bits per heavy atom. The minimum absolute atomic E-state index is 0.200. The lowest BCUT2D eigenvalue weighted by Crippen LogP contribution is -2.29. The van der Waals surface area contributed by atoms with Crippen molar-refractivity contribution in [3.8, 4) is 11.5 Å². The number of aliphatic carboxylic acids is 1. The van der Waals surface area contributed by atoms with Gasteiger partial charge in [0.05, 0.1) is 12.1 Å². The molecule has 1 atom stereocenters. The van der Waals surface area contributed by atoms with E-state index in [0.29, 0.717) is 16.5 Å². The molecule has 3 aromatic rings. The van der Waals surface area contributed by atoms with Crippen LogP contribution in [0.1, 0.15) is 5.56 Å². The lowest BCUT2D eigenvalue weighted by atomic mass is 10.1. The molecule has 0 radical (unpaired) electrons. The largest absolute Gasteiger partial charge is 0.495 e. The number of rotatable bonds is 6. The number of ether oxygens (including phenoxy) is 2. The SMILES string of the molecule is COc1ccc(C[C@@H](Oc2ccc3ccccc3c2)C(=O)O)cc1Cl. The Morgan fingerprint density at radius 1 is 1.08 bits per heavy atom. The van der Waals surface area contributed by atoms with Crippen molar-refractivity contribution in [3.63, 3.8) is 0 Å². The molecule has 0 amide bonds. The van der Waals surface area contributed by atoms with E-state index in [9.17, 15) is 9.90 Å². The van der Waals surface area contributed by atoms with E-state index in [1.54, 1.807) is 24.3 Å². The Hall–Kier alpha value is -2.72. The van der Waals surface area contributed by atoms with Gasteiger partial charge in [-0.25, -0.2) is 4.79 Å². The van der Waals surface area contributed by atoms with Crippen LogP contribution in [0.25, 0.3) is 10.8 Å². The van der Waals surface area contributed by atoms with Crippen LogP contribution in [0.4, 0.5) is 0 Å². The molecule has 0 heterocycles. The van der Waals surface area contributed by atoms with E-state index < -0.39 is 12.1 Å². The van der Waals surface area contributed by atoms with Crippen molar-refractivity contribution >= 4 is 28.3 Å². The molecule has 25 heavy (non-hydrogen) atoms. The number of hydrogen-bond donors (Lipinski definition) is 1. The van der Waals surface area contributed by atoms with Crippen LogP contribution >= 0.6 is 11.6 Å². The summed E-state index contributed by atoms with van der Waals surface area (Å²) < 4.78 is 10.8. The number of fused-ring (bicyclic) bond motifs is 1. The second-order valence-corrected chi connectivity index (χ2v) is 6.03. The normalized spacial score (nSPS) is 11.9. The monoisotopic (exact) mass is 356 g/mol. The molecule has 4 nitrogen and oxygen atoms in total. The average molecular weight is 357 g/mol. The Bertz CT molecular complexity index is 907. The van der Waals surface area contributed by atoms with Gasteiger partial charge in [0.2, 0.25) is 0 Å². The zero-order valence-electron chi connectivity index (χ0n) is 13.6. The quantitative estimate of drug-likeness (QED) is 0.702. The maximum atomic E-state index is 11.6. The Morgan fingerprint density at radius 3 is 2.52 bits per heavy atom. The topological polar surface area (TPSA) is 55.8 Å². The standard InChI is InChI=1S/C20H17ClO4/c1-24-18-9-6-13(10-17(18)21)11-19(20(22)23)25-16-8-7-14-4-2-3-5-15(14)12-16/h2-10,12,19H,11H2,1H3,(H,22,23)/t19-/m1/s1. The molecule has 0 unspecified atom stereocenters. The number of methoxy groups -OCH3 is 1. The molecule has 3 rings (SSSR count). The summed E-state index contributed by atoms with van der Waals surface area (Å²) in [6.07, 6.45) is -0.808. The fourth-order valence-corrected chi connectivity index (χ4v) is 2.92. The predicted molar refractivity (Wildman–Crippen MR) is 97.7 cm³/mol. The number of carboxylic acid groups (broad SMARTS) is 1. The predicted octanol–water partition coefficient (Wildman–Crippen LogP) is 4.58. The van der Waals surface area contributed by atoms with Gasteiger partial charge in [-0.1, -0.05) is 48.0 Å². The molecule has 0 aliphatic heterocycles. The molecule has 0 saturated heterocycles. The summed E-state index contributed by atoms with van der Waals surface area (Å²) in [5.74, 6) is 0.0403. The van der Waals surface area contributed by atoms with Gasteiger partial charge >= 0.3 is 5.97 Å². The highest BCUT2D eigenvalue weighted by Crippen LogP contribution is 2.26. The highest BCUT2D eigenvalue weighted by atomic mass is 35.5. The van der Waals surface area contributed by atoms with Gasteiger partial charge in [0.15, 0.2) is 6.10 Å². The fraction of sp³-hybridized carbons (Fsp3) is 0.150. The molecular weight excluding hydrogens is 340 g/mol. The summed E-state index contributed by atoms with van der Waals surface area (Å²) in [6.45, 7) is 0. The molecule has 0 bridgehead atoms. The Labute approximate surface area is 150 Å². The fourth-order valence-electron chi connectivity index (χ4n) is 2.64. The van der Waals surface area contributed by atoms with Crippen LogP contribution in [-0.2, 0) is 11.2 Å². The van der Waals surface area contributed by atoms with Crippen molar-refractivity contribution in [3.05, 3.63) is 71.2 Å². The number of halogens is 1. The summed E-state index contributed by atoms with van der Waals surface area (Å²) in [6, 6.07) is 18.6. The molecule has 0 aliphatic carbocycles. The second-order valence-electron chi connectivity index (χ2n) is 5.63. The minimum atomic E-state index is -1.03. The van der Waals surface area contributed by atoms with E-state index in [0.717, 1.165) is 16.3 Å². The van der Waals surface area contributed by atoms with Crippen LogP contribution in [0, 0.1) is 0 Å². The highest BCUT2D eigenvalue weighted by Gasteiger charge is 2.21.